The van der Waals surface area contributed by atoms with Crippen LogP contribution in [-0.4, -0.2) is 88.7 Å². The Balaban J connectivity index is 1.49. The number of β-lactam (4-membered cyclic amide) rings is 1. The fraction of sp³-hybridized carbons (Fsp3) is 0.389. The molecule has 16 nitrogen and oxygen atoms in total. The Morgan fingerprint density at radius 3 is 2.81 bits per heavy atom. The fourth-order valence-electron chi connectivity index (χ4n) is 3.49. The summed E-state index contributed by atoms with van der Waals surface area (Å²) >= 11 is 3.32. The molecule has 2 amide bonds. The number of hydrazine groups is 1. The Kier molecular flexibility index (Phi) is 7.87. The summed E-state index contributed by atoms with van der Waals surface area (Å²) in [5, 5.41) is 17.2. The van der Waals surface area contributed by atoms with Gasteiger partial charge >= 0.3 is 5.97 Å². The molecule has 0 aromatic carbocycles. The number of nitrogens with two attached hydrogens (primary N) is 4. The molecule has 0 radical (unpaired) electrons. The molecule has 4 heterocycles. The van der Waals surface area contributed by atoms with Crippen molar-refractivity contribution in [2.24, 2.45) is 27.5 Å². The summed E-state index contributed by atoms with van der Waals surface area (Å²) in [7, 11) is 0. The smallest absolute Gasteiger partial charge is 0.352 e. The van der Waals surface area contributed by atoms with Gasteiger partial charge < -0.3 is 32.5 Å². The lowest BCUT2D eigenvalue weighted by atomic mass is 10.0. The van der Waals surface area contributed by atoms with E-state index < -0.39 is 35.4 Å². The first-order valence-corrected chi connectivity index (χ1v) is 13.4. The number of amides is 2. The number of aliphatic carboxylic acids is 1. The number of hydrogen-bond donors (Lipinski definition) is 6. The molecule has 2 unspecified atom stereocenters. The van der Waals surface area contributed by atoms with Crippen molar-refractivity contribution in [2.75, 3.05) is 23.8 Å². The molecular weight excluding hydrogens is 546 g/mol. The number of carboxylic acid groups (broad SMARTS) is 1. The van der Waals surface area contributed by atoms with Crippen LogP contribution >= 0.6 is 35.1 Å². The first-order chi connectivity index (χ1) is 17.6. The number of nitrogens with one attached hydrogen (secondary N) is 1. The largest absolute Gasteiger partial charge is 0.477 e. The van der Waals surface area contributed by atoms with Gasteiger partial charge in [-0.2, -0.15) is 9.36 Å². The summed E-state index contributed by atoms with van der Waals surface area (Å²) in [6, 6.07) is -0.992. The summed E-state index contributed by atoms with van der Waals surface area (Å²) in [6.07, 6.45) is 0.802. The van der Waals surface area contributed by atoms with Gasteiger partial charge in [0.25, 0.3) is 11.8 Å². The number of carboxylic acids is 1. The van der Waals surface area contributed by atoms with Crippen LogP contribution in [0.5, 0.6) is 0 Å². The molecule has 0 aliphatic carbocycles. The summed E-state index contributed by atoms with van der Waals surface area (Å²) in [4.78, 5) is 52.3. The minimum atomic E-state index is -1.27. The van der Waals surface area contributed by atoms with E-state index in [1.54, 1.807) is 6.92 Å². The molecule has 3 aliphatic heterocycles. The van der Waals surface area contributed by atoms with Gasteiger partial charge in [-0.25, -0.2) is 15.6 Å². The van der Waals surface area contributed by atoms with E-state index in [-0.39, 0.29) is 46.3 Å². The molecule has 198 valence electrons. The molecule has 19 heteroatoms. The lowest BCUT2D eigenvalue weighted by Gasteiger charge is -2.49. The van der Waals surface area contributed by atoms with Crippen molar-refractivity contribution >= 4 is 68.9 Å². The Morgan fingerprint density at radius 1 is 1.41 bits per heavy atom. The predicted octanol–water partition coefficient (Wildman–Crippen LogP) is -2.04. The fourth-order valence-corrected chi connectivity index (χ4v) is 6.39. The Labute approximate surface area is 222 Å². The zero-order valence-electron chi connectivity index (χ0n) is 19.2. The number of oxime groups is 1. The molecular formula is C18H23N11O5S3. The number of hydrogen-bond acceptors (Lipinski definition) is 16. The van der Waals surface area contributed by atoms with Gasteiger partial charge in [0.1, 0.15) is 35.7 Å². The van der Waals surface area contributed by atoms with Crippen LogP contribution in [0.1, 0.15) is 12.7 Å². The number of carbonyl (C=O) groups is 3. The van der Waals surface area contributed by atoms with Gasteiger partial charge in [0.15, 0.2) is 10.3 Å². The van der Waals surface area contributed by atoms with E-state index in [1.165, 1.54) is 22.8 Å². The van der Waals surface area contributed by atoms with Crippen molar-refractivity contribution in [2.45, 2.75) is 24.5 Å². The van der Waals surface area contributed by atoms with Gasteiger partial charge in [-0.3, -0.25) is 19.5 Å². The number of aliphatic imine (C=N–C) groups is 1. The van der Waals surface area contributed by atoms with Gasteiger partial charge in [0.05, 0.1) is 0 Å². The lowest BCUT2D eigenvalue weighted by molar-refractivity contribution is -0.150. The zero-order chi connectivity index (χ0) is 26.9. The molecule has 37 heavy (non-hydrogen) atoms. The van der Waals surface area contributed by atoms with Crippen molar-refractivity contribution < 1.29 is 24.3 Å². The van der Waals surface area contributed by atoms with Crippen LogP contribution in [0.3, 0.4) is 0 Å². The molecule has 1 saturated heterocycles. The van der Waals surface area contributed by atoms with Crippen molar-refractivity contribution in [1.82, 2.24) is 24.6 Å². The topological polar surface area (TPSA) is 254 Å². The summed E-state index contributed by atoms with van der Waals surface area (Å²) < 4.78 is 3.97. The van der Waals surface area contributed by atoms with E-state index in [1.807, 2.05) is 0 Å². The highest BCUT2D eigenvalue weighted by atomic mass is 32.2. The van der Waals surface area contributed by atoms with Crippen molar-refractivity contribution in [3.05, 3.63) is 29.0 Å². The number of amidine groups is 1. The highest BCUT2D eigenvalue weighted by Crippen LogP contribution is 2.41. The maximum atomic E-state index is 13.0. The third kappa shape index (κ3) is 5.34. The number of carbonyl (C=O) groups excluding carboxylic acids is 2. The van der Waals surface area contributed by atoms with Crippen LogP contribution in [0.2, 0.25) is 0 Å². The second-order valence-electron chi connectivity index (χ2n) is 7.60. The first kappa shape index (κ1) is 26.7. The van der Waals surface area contributed by atoms with Crippen molar-refractivity contribution in [3.8, 4) is 0 Å². The first-order valence-electron chi connectivity index (χ1n) is 10.6. The quantitative estimate of drug-likeness (QED) is 0.0854. The Hall–Kier alpha value is -3.39. The Bertz CT molecular complexity index is 1250. The second-order valence-corrected chi connectivity index (χ2v) is 10.4. The molecule has 3 aliphatic rings. The number of thioether (sulfide) groups is 2. The number of rotatable bonds is 8. The van der Waals surface area contributed by atoms with E-state index in [0.29, 0.717) is 10.7 Å². The lowest BCUT2D eigenvalue weighted by Crippen LogP contribution is -2.71. The number of fused-ring (bicyclic) bond motifs is 1. The molecule has 0 spiro atoms. The Morgan fingerprint density at radius 2 is 2.16 bits per heavy atom. The number of nitrogens with zero attached hydrogens (tertiary/aromatic N) is 6. The molecule has 3 atom stereocenters. The van der Waals surface area contributed by atoms with Crippen LogP contribution in [0, 0.1) is 0 Å². The van der Waals surface area contributed by atoms with Gasteiger partial charge in [-0.15, -0.1) is 11.8 Å². The van der Waals surface area contributed by atoms with Gasteiger partial charge in [-0.1, -0.05) is 16.9 Å². The SMILES string of the molecule is CCO/N=C(\C(=O)NC1C(=O)N2C(C(=O)O)=C(CSC3=NC(N)=CC(N)N3N)CS[C@@H]12)c1nsc(N)n1. The van der Waals surface area contributed by atoms with Gasteiger partial charge in [0, 0.05) is 23.0 Å². The number of aromatic nitrogens is 2. The van der Waals surface area contributed by atoms with Crippen LogP contribution in [0.25, 0.3) is 0 Å². The maximum absolute atomic E-state index is 13.0. The molecule has 1 fully saturated rings. The molecule has 4 rings (SSSR count). The van der Waals surface area contributed by atoms with Crippen LogP contribution < -0.4 is 28.4 Å². The zero-order valence-corrected chi connectivity index (χ0v) is 21.7. The normalized spacial score (nSPS) is 23.7. The van der Waals surface area contributed by atoms with Crippen LogP contribution in [0.4, 0.5) is 5.13 Å². The molecule has 1 aromatic rings. The standard InChI is InChI=1S/C18H23N11O5S3/c1-2-34-26-9(12-25-17(21)37-27-12)13(30)24-10-14(31)28-11(16(32)33)6(4-35-15(10)28)5-36-18-23-7(19)3-8(20)29(18)22/h3,8,10,15H,2,4-5,19-20,22H2,1H3,(H,24,30)(H,32,33)(H2,21,25,27)/b26-9-/t8?,10?,15-/m0/s1. The number of anilines is 1. The van der Waals surface area contributed by atoms with Crippen LogP contribution in [-0.2, 0) is 19.2 Å². The minimum Gasteiger partial charge on any atom is -0.477 e. The maximum Gasteiger partial charge on any atom is 0.352 e. The van der Waals surface area contributed by atoms with E-state index in [9.17, 15) is 19.5 Å². The number of nitrogen functional groups attached to an aromatic ring is 1. The third-order valence-corrected chi connectivity index (χ3v) is 8.11. The summed E-state index contributed by atoms with van der Waals surface area (Å²) in [5.41, 5.74) is 17.3. The molecule has 0 bridgehead atoms. The summed E-state index contributed by atoms with van der Waals surface area (Å²) in [6.45, 7) is 1.86. The highest BCUT2D eigenvalue weighted by molar-refractivity contribution is 8.14. The highest BCUT2D eigenvalue weighted by Gasteiger charge is 2.54. The molecule has 10 N–H and O–H groups in total. The van der Waals surface area contributed by atoms with E-state index in [0.717, 1.165) is 28.2 Å². The third-order valence-electron chi connectivity index (χ3n) is 5.17. The average Bonchev–Trinajstić information content (AvgIpc) is 3.28. The second kappa shape index (κ2) is 10.9. The van der Waals surface area contributed by atoms with Crippen LogP contribution in [0.15, 0.2) is 33.3 Å². The van der Waals surface area contributed by atoms with E-state index in [4.69, 9.17) is 27.9 Å². The van der Waals surface area contributed by atoms with Gasteiger partial charge in [-0.05, 0) is 18.6 Å². The summed E-state index contributed by atoms with van der Waals surface area (Å²) in [5.74, 6) is 3.92. The molecule has 0 saturated carbocycles. The average molecular weight is 570 g/mol. The van der Waals surface area contributed by atoms with Crippen molar-refractivity contribution in [1.29, 1.82) is 0 Å². The molecule has 1 aromatic heterocycles. The van der Waals surface area contributed by atoms with E-state index >= 15 is 0 Å². The predicted molar refractivity (Wildman–Crippen MR) is 138 cm³/mol. The minimum absolute atomic E-state index is 0.0476. The monoisotopic (exact) mass is 569 g/mol. The van der Waals surface area contributed by atoms with E-state index in [2.05, 4.69) is 24.8 Å². The van der Waals surface area contributed by atoms with Gasteiger partial charge in [0.2, 0.25) is 11.5 Å². The van der Waals surface area contributed by atoms with Crippen molar-refractivity contribution in [3.63, 3.8) is 0 Å².